The number of carbonyl (C=O) groups is 1. The molecule has 3 rings (SSSR count). The normalized spacial score (nSPS) is 16.9. The number of nitrogens with zero attached hydrogens (tertiary/aromatic N) is 1. The summed E-state index contributed by atoms with van der Waals surface area (Å²) in [6.07, 6.45) is 5.26. The van der Waals surface area contributed by atoms with Gasteiger partial charge >= 0.3 is 6.03 Å². The van der Waals surface area contributed by atoms with Crippen LogP contribution >= 0.6 is 0 Å². The summed E-state index contributed by atoms with van der Waals surface area (Å²) in [5.41, 5.74) is 1.18. The molecule has 0 aliphatic heterocycles. The first kappa shape index (κ1) is 17.5. The van der Waals surface area contributed by atoms with Gasteiger partial charge in [0, 0.05) is 6.54 Å². The fourth-order valence-electron chi connectivity index (χ4n) is 3.31. The maximum absolute atomic E-state index is 12.5. The number of carbonyl (C=O) groups excluding carboxylic acids is 1. The van der Waals surface area contributed by atoms with Gasteiger partial charge in [0.2, 0.25) is 0 Å². The molecule has 2 atom stereocenters. The molecule has 1 aliphatic rings. The summed E-state index contributed by atoms with van der Waals surface area (Å²) in [4.78, 5) is 14.5. The predicted octanol–water partition coefficient (Wildman–Crippen LogP) is 3.72. The van der Waals surface area contributed by atoms with Gasteiger partial charge in [-0.2, -0.15) is 0 Å². The number of amides is 2. The van der Waals surface area contributed by atoms with Gasteiger partial charge in [0.05, 0.1) is 18.3 Å². The summed E-state index contributed by atoms with van der Waals surface area (Å²) >= 11 is 0. The van der Waals surface area contributed by atoms with Crippen molar-refractivity contribution < 1.29 is 9.21 Å². The van der Waals surface area contributed by atoms with Gasteiger partial charge in [-0.1, -0.05) is 36.8 Å². The fourth-order valence-corrected chi connectivity index (χ4v) is 3.31. The van der Waals surface area contributed by atoms with E-state index in [0.29, 0.717) is 12.5 Å². The molecule has 0 bridgehead atoms. The largest absolute Gasteiger partial charge is 0.468 e. The molecule has 25 heavy (non-hydrogen) atoms. The highest BCUT2D eigenvalue weighted by atomic mass is 16.3. The number of urea groups is 1. The van der Waals surface area contributed by atoms with Gasteiger partial charge in [0.25, 0.3) is 0 Å². The van der Waals surface area contributed by atoms with Crippen LogP contribution in [0.2, 0.25) is 0 Å². The molecule has 5 nitrogen and oxygen atoms in total. The van der Waals surface area contributed by atoms with Gasteiger partial charge in [0.1, 0.15) is 5.76 Å². The highest BCUT2D eigenvalue weighted by Gasteiger charge is 2.30. The van der Waals surface area contributed by atoms with E-state index < -0.39 is 0 Å². The van der Waals surface area contributed by atoms with Gasteiger partial charge in [-0.3, -0.25) is 4.90 Å². The number of hydrogen-bond donors (Lipinski definition) is 2. The molecule has 2 amide bonds. The van der Waals surface area contributed by atoms with Gasteiger partial charge in [-0.15, -0.1) is 0 Å². The first-order valence-electron chi connectivity index (χ1n) is 8.94. The lowest BCUT2D eigenvalue weighted by Gasteiger charge is -2.35. The highest BCUT2D eigenvalue weighted by molar-refractivity contribution is 5.74. The molecule has 1 aromatic carbocycles. The molecule has 0 saturated heterocycles. The van der Waals surface area contributed by atoms with E-state index in [0.717, 1.165) is 5.76 Å². The molecule has 1 saturated carbocycles. The van der Waals surface area contributed by atoms with Crippen LogP contribution in [-0.2, 0) is 0 Å². The monoisotopic (exact) mass is 341 g/mol. The van der Waals surface area contributed by atoms with E-state index in [1.54, 1.807) is 6.26 Å². The SMILES string of the molecule is CN(C)C(CNC(=O)NC(c1ccccc1)C1CCC1)c1ccco1. The standard InChI is InChI=1S/C20H27N3O2/c1-23(2)17(18-12-7-13-25-18)14-21-20(24)22-19(16-10-6-11-16)15-8-4-3-5-9-15/h3-5,7-9,12-13,16-17,19H,6,10-11,14H2,1-2H3,(H2,21,22,24). The van der Waals surface area contributed by atoms with Crippen LogP contribution in [-0.4, -0.2) is 31.6 Å². The topological polar surface area (TPSA) is 57.5 Å². The van der Waals surface area contributed by atoms with E-state index in [1.807, 2.05) is 49.3 Å². The Kier molecular flexibility index (Phi) is 5.76. The molecule has 2 unspecified atom stereocenters. The molecule has 1 aliphatic carbocycles. The Balaban J connectivity index is 1.60. The van der Waals surface area contributed by atoms with Crippen LogP contribution in [0.15, 0.2) is 53.1 Å². The summed E-state index contributed by atoms with van der Waals surface area (Å²) in [5.74, 6) is 1.38. The minimum absolute atomic E-state index is 0.0135. The highest BCUT2D eigenvalue weighted by Crippen LogP contribution is 2.37. The van der Waals surface area contributed by atoms with Crippen LogP contribution in [0.25, 0.3) is 0 Å². The van der Waals surface area contributed by atoms with Crippen molar-refractivity contribution in [3.05, 3.63) is 60.1 Å². The van der Waals surface area contributed by atoms with E-state index in [-0.39, 0.29) is 18.1 Å². The molecule has 0 spiro atoms. The average molecular weight is 341 g/mol. The lowest BCUT2D eigenvalue weighted by atomic mass is 9.77. The Morgan fingerprint density at radius 3 is 2.52 bits per heavy atom. The Labute approximate surface area is 149 Å². The predicted molar refractivity (Wildman–Crippen MR) is 98.2 cm³/mol. The van der Waals surface area contributed by atoms with Gasteiger partial charge in [0.15, 0.2) is 0 Å². The number of furan rings is 1. The van der Waals surface area contributed by atoms with E-state index in [4.69, 9.17) is 4.42 Å². The molecule has 0 radical (unpaired) electrons. The number of rotatable bonds is 7. The van der Waals surface area contributed by atoms with Crippen LogP contribution in [0.3, 0.4) is 0 Å². The second-order valence-corrected chi connectivity index (χ2v) is 6.93. The minimum Gasteiger partial charge on any atom is -0.468 e. The summed E-state index contributed by atoms with van der Waals surface area (Å²) in [6, 6.07) is 14.0. The van der Waals surface area contributed by atoms with Gasteiger partial charge in [-0.25, -0.2) is 4.79 Å². The minimum atomic E-state index is -0.126. The molecule has 5 heteroatoms. The Morgan fingerprint density at radius 1 is 1.20 bits per heavy atom. The third-order valence-electron chi connectivity index (χ3n) is 5.02. The van der Waals surface area contributed by atoms with Crippen molar-refractivity contribution in [2.24, 2.45) is 5.92 Å². The van der Waals surface area contributed by atoms with Crippen molar-refractivity contribution in [3.8, 4) is 0 Å². The zero-order chi connectivity index (χ0) is 17.6. The zero-order valence-corrected chi connectivity index (χ0v) is 14.9. The third kappa shape index (κ3) is 4.42. The smallest absolute Gasteiger partial charge is 0.315 e. The van der Waals surface area contributed by atoms with Gasteiger partial charge < -0.3 is 15.1 Å². The number of nitrogens with one attached hydrogen (secondary N) is 2. The molecule has 1 heterocycles. The molecular weight excluding hydrogens is 314 g/mol. The second-order valence-electron chi connectivity index (χ2n) is 6.93. The van der Waals surface area contributed by atoms with E-state index >= 15 is 0 Å². The molecular formula is C20H27N3O2. The maximum Gasteiger partial charge on any atom is 0.315 e. The van der Waals surface area contributed by atoms with Crippen LogP contribution in [0.4, 0.5) is 4.79 Å². The average Bonchev–Trinajstić information content (AvgIpc) is 3.07. The van der Waals surface area contributed by atoms with Crippen molar-refractivity contribution >= 4 is 6.03 Å². The second kappa shape index (κ2) is 8.21. The molecule has 1 aromatic heterocycles. The van der Waals surface area contributed by atoms with E-state index in [2.05, 4.69) is 22.8 Å². The maximum atomic E-state index is 12.5. The number of benzene rings is 1. The van der Waals surface area contributed by atoms with Crippen LogP contribution in [0.1, 0.15) is 42.7 Å². The lowest BCUT2D eigenvalue weighted by molar-refractivity contribution is 0.201. The van der Waals surface area contributed by atoms with Crippen LogP contribution in [0.5, 0.6) is 0 Å². The first-order chi connectivity index (χ1) is 12.1. The lowest BCUT2D eigenvalue weighted by Crippen LogP contribution is -2.44. The number of hydrogen-bond acceptors (Lipinski definition) is 3. The van der Waals surface area contributed by atoms with Crippen molar-refractivity contribution in [3.63, 3.8) is 0 Å². The summed E-state index contributed by atoms with van der Waals surface area (Å²) in [7, 11) is 3.96. The number of likely N-dealkylation sites (N-methyl/N-ethyl adjacent to an activating group) is 1. The van der Waals surface area contributed by atoms with Crippen molar-refractivity contribution in [2.75, 3.05) is 20.6 Å². The molecule has 134 valence electrons. The van der Waals surface area contributed by atoms with Crippen molar-refractivity contribution in [1.29, 1.82) is 0 Å². The van der Waals surface area contributed by atoms with Crippen LogP contribution in [0, 0.1) is 5.92 Å². The van der Waals surface area contributed by atoms with E-state index in [1.165, 1.54) is 24.8 Å². The van der Waals surface area contributed by atoms with E-state index in [9.17, 15) is 4.79 Å². The summed E-state index contributed by atoms with van der Waals surface area (Å²) in [6.45, 7) is 0.499. The fraction of sp³-hybridized carbons (Fsp3) is 0.450. The van der Waals surface area contributed by atoms with Crippen LogP contribution < -0.4 is 10.6 Å². The Bertz CT molecular complexity index is 651. The zero-order valence-electron chi connectivity index (χ0n) is 14.9. The molecule has 1 fully saturated rings. The molecule has 2 N–H and O–H groups in total. The third-order valence-corrected chi connectivity index (χ3v) is 5.02. The Hall–Kier alpha value is -2.27. The van der Waals surface area contributed by atoms with Crippen molar-refractivity contribution in [1.82, 2.24) is 15.5 Å². The summed E-state index contributed by atoms with van der Waals surface area (Å²) < 4.78 is 5.49. The first-order valence-corrected chi connectivity index (χ1v) is 8.94. The van der Waals surface area contributed by atoms with Crippen molar-refractivity contribution in [2.45, 2.75) is 31.3 Å². The summed E-state index contributed by atoms with van der Waals surface area (Å²) in [5, 5.41) is 6.18. The quantitative estimate of drug-likeness (QED) is 0.807. The Morgan fingerprint density at radius 2 is 1.96 bits per heavy atom. The van der Waals surface area contributed by atoms with Gasteiger partial charge in [-0.05, 0) is 50.6 Å². The molecule has 2 aromatic rings.